The maximum atomic E-state index is 11.4. The molecule has 6 heteroatoms. The van der Waals surface area contributed by atoms with Gasteiger partial charge in [-0.25, -0.2) is 4.79 Å². The molecule has 0 aromatic carbocycles. The molecular formula is C10H19N3O3. The number of nitrogens with one attached hydrogen (secondary N) is 1. The molecule has 0 saturated carbocycles. The predicted molar refractivity (Wildman–Crippen MR) is 58.9 cm³/mol. The third-order valence-electron chi connectivity index (χ3n) is 2.69. The van der Waals surface area contributed by atoms with Gasteiger partial charge in [0.2, 0.25) is 5.91 Å². The first-order valence-corrected chi connectivity index (χ1v) is 5.60. The van der Waals surface area contributed by atoms with Crippen molar-refractivity contribution in [2.24, 2.45) is 5.73 Å². The summed E-state index contributed by atoms with van der Waals surface area (Å²) in [6.45, 7) is 2.59. The summed E-state index contributed by atoms with van der Waals surface area (Å²) in [5, 5.41) is 12.0. The lowest BCUT2D eigenvalue weighted by Gasteiger charge is -2.21. The summed E-state index contributed by atoms with van der Waals surface area (Å²) in [5.41, 5.74) is 5.31. The van der Waals surface area contributed by atoms with Crippen LogP contribution in [-0.2, 0) is 9.59 Å². The van der Waals surface area contributed by atoms with E-state index in [2.05, 4.69) is 5.32 Å². The average Bonchev–Trinajstić information content (AvgIpc) is 2.60. The zero-order valence-corrected chi connectivity index (χ0v) is 9.32. The van der Waals surface area contributed by atoms with Crippen LogP contribution in [0.15, 0.2) is 0 Å². The van der Waals surface area contributed by atoms with E-state index < -0.39 is 12.0 Å². The van der Waals surface area contributed by atoms with Crippen molar-refractivity contribution in [3.05, 3.63) is 0 Å². The van der Waals surface area contributed by atoms with Crippen LogP contribution < -0.4 is 11.1 Å². The molecule has 6 nitrogen and oxygen atoms in total. The lowest BCUT2D eigenvalue weighted by molar-refractivity contribution is -0.146. The predicted octanol–water partition coefficient (Wildman–Crippen LogP) is -1.000. The lowest BCUT2D eigenvalue weighted by atomic mass is 10.2. The Kier molecular flexibility index (Phi) is 5.21. The van der Waals surface area contributed by atoms with Crippen LogP contribution in [0.3, 0.4) is 0 Å². The number of nitrogens with two attached hydrogens (primary N) is 1. The van der Waals surface area contributed by atoms with Crippen LogP contribution in [0, 0.1) is 0 Å². The Balaban J connectivity index is 2.27. The maximum absolute atomic E-state index is 11.4. The van der Waals surface area contributed by atoms with E-state index in [9.17, 15) is 9.59 Å². The second-order valence-electron chi connectivity index (χ2n) is 3.87. The molecule has 0 spiro atoms. The van der Waals surface area contributed by atoms with E-state index in [1.807, 2.05) is 0 Å². The fourth-order valence-corrected chi connectivity index (χ4v) is 1.87. The number of likely N-dealkylation sites (tertiary alicyclic amines) is 1. The van der Waals surface area contributed by atoms with E-state index in [1.165, 1.54) is 4.90 Å². The molecular weight excluding hydrogens is 210 g/mol. The molecule has 0 aromatic heterocycles. The van der Waals surface area contributed by atoms with Crippen molar-refractivity contribution >= 4 is 11.9 Å². The number of hydrogen-bond donors (Lipinski definition) is 3. The molecule has 0 aliphatic carbocycles. The highest BCUT2D eigenvalue weighted by Gasteiger charge is 2.35. The summed E-state index contributed by atoms with van der Waals surface area (Å²) in [5.74, 6) is -0.952. The van der Waals surface area contributed by atoms with Gasteiger partial charge in [0.15, 0.2) is 0 Å². The summed E-state index contributed by atoms with van der Waals surface area (Å²) in [6, 6.07) is -0.623. The number of rotatable bonds is 7. The minimum absolute atomic E-state index is 0.0498. The molecule has 1 unspecified atom stereocenters. The monoisotopic (exact) mass is 229 g/mol. The normalized spacial score (nSPS) is 20.4. The molecule has 1 rings (SSSR count). The Hall–Kier alpha value is -1.14. The zero-order valence-electron chi connectivity index (χ0n) is 9.32. The van der Waals surface area contributed by atoms with Gasteiger partial charge in [0, 0.05) is 26.1 Å². The van der Waals surface area contributed by atoms with Crippen molar-refractivity contribution in [3.63, 3.8) is 0 Å². The molecule has 92 valence electrons. The van der Waals surface area contributed by atoms with Gasteiger partial charge in [0.1, 0.15) is 6.04 Å². The second kappa shape index (κ2) is 6.44. The number of nitrogens with zero attached hydrogens (tertiary/aromatic N) is 1. The second-order valence-corrected chi connectivity index (χ2v) is 3.87. The van der Waals surface area contributed by atoms with E-state index >= 15 is 0 Å². The van der Waals surface area contributed by atoms with Gasteiger partial charge >= 0.3 is 5.97 Å². The fourth-order valence-electron chi connectivity index (χ4n) is 1.87. The molecule has 1 atom stereocenters. The van der Waals surface area contributed by atoms with Gasteiger partial charge in [-0.1, -0.05) is 0 Å². The Morgan fingerprint density at radius 1 is 1.56 bits per heavy atom. The summed E-state index contributed by atoms with van der Waals surface area (Å²) >= 11 is 0. The number of carbonyl (C=O) groups excluding carboxylic acids is 1. The molecule has 1 heterocycles. The van der Waals surface area contributed by atoms with Gasteiger partial charge < -0.3 is 21.1 Å². The SMILES string of the molecule is NCCNCCCN1C(=O)CCC1C(=O)O. The molecule has 16 heavy (non-hydrogen) atoms. The number of hydrogen-bond acceptors (Lipinski definition) is 4. The van der Waals surface area contributed by atoms with Crippen molar-refractivity contribution in [2.75, 3.05) is 26.2 Å². The van der Waals surface area contributed by atoms with Crippen LogP contribution in [0.5, 0.6) is 0 Å². The summed E-state index contributed by atoms with van der Waals surface area (Å²) in [6.07, 6.45) is 1.55. The van der Waals surface area contributed by atoms with Gasteiger partial charge in [-0.3, -0.25) is 4.79 Å². The molecule has 1 saturated heterocycles. The Morgan fingerprint density at radius 2 is 2.31 bits per heavy atom. The highest BCUT2D eigenvalue weighted by atomic mass is 16.4. The zero-order chi connectivity index (χ0) is 12.0. The first-order chi connectivity index (χ1) is 7.66. The first-order valence-electron chi connectivity index (χ1n) is 5.60. The number of carboxylic acids is 1. The van der Waals surface area contributed by atoms with E-state index in [-0.39, 0.29) is 5.91 Å². The third-order valence-corrected chi connectivity index (χ3v) is 2.69. The standard InChI is InChI=1S/C10H19N3O3/c11-4-6-12-5-1-7-13-8(10(15)16)2-3-9(13)14/h8,12H,1-7,11H2,(H,15,16). The van der Waals surface area contributed by atoms with Crippen molar-refractivity contribution in [3.8, 4) is 0 Å². The average molecular weight is 229 g/mol. The molecule has 0 radical (unpaired) electrons. The molecule has 1 amide bonds. The van der Waals surface area contributed by atoms with Crippen LogP contribution in [0.25, 0.3) is 0 Å². The molecule has 1 fully saturated rings. The largest absolute Gasteiger partial charge is 0.480 e. The van der Waals surface area contributed by atoms with Crippen molar-refractivity contribution in [2.45, 2.75) is 25.3 Å². The molecule has 1 aliphatic rings. The minimum atomic E-state index is -0.902. The van der Waals surface area contributed by atoms with Crippen LogP contribution in [0.4, 0.5) is 0 Å². The Bertz CT molecular complexity index is 258. The van der Waals surface area contributed by atoms with Crippen molar-refractivity contribution in [1.82, 2.24) is 10.2 Å². The third kappa shape index (κ3) is 3.46. The smallest absolute Gasteiger partial charge is 0.326 e. The van der Waals surface area contributed by atoms with Gasteiger partial charge in [0.25, 0.3) is 0 Å². The van der Waals surface area contributed by atoms with Crippen molar-refractivity contribution in [1.29, 1.82) is 0 Å². The maximum Gasteiger partial charge on any atom is 0.326 e. The van der Waals surface area contributed by atoms with Crippen LogP contribution in [0.2, 0.25) is 0 Å². The summed E-state index contributed by atoms with van der Waals surface area (Å²) < 4.78 is 0. The van der Waals surface area contributed by atoms with Crippen molar-refractivity contribution < 1.29 is 14.7 Å². The summed E-state index contributed by atoms with van der Waals surface area (Å²) in [4.78, 5) is 23.8. The van der Waals surface area contributed by atoms with Gasteiger partial charge in [-0.2, -0.15) is 0 Å². The van der Waals surface area contributed by atoms with E-state index in [1.54, 1.807) is 0 Å². The molecule has 1 aliphatic heterocycles. The van der Waals surface area contributed by atoms with E-state index in [0.29, 0.717) is 25.9 Å². The number of aliphatic carboxylic acids is 1. The van der Waals surface area contributed by atoms with Crippen LogP contribution in [-0.4, -0.2) is 54.1 Å². The number of amides is 1. The quantitative estimate of drug-likeness (QED) is 0.487. The van der Waals surface area contributed by atoms with Crippen LogP contribution >= 0.6 is 0 Å². The molecule has 0 aromatic rings. The fraction of sp³-hybridized carbons (Fsp3) is 0.800. The van der Waals surface area contributed by atoms with E-state index in [4.69, 9.17) is 10.8 Å². The number of carboxylic acid groups (broad SMARTS) is 1. The highest BCUT2D eigenvalue weighted by molar-refractivity contribution is 5.87. The molecule has 4 N–H and O–H groups in total. The number of carbonyl (C=O) groups is 2. The Morgan fingerprint density at radius 3 is 2.94 bits per heavy atom. The van der Waals surface area contributed by atoms with Gasteiger partial charge in [-0.15, -0.1) is 0 Å². The molecule has 0 bridgehead atoms. The van der Waals surface area contributed by atoms with E-state index in [0.717, 1.165) is 19.5 Å². The van der Waals surface area contributed by atoms with Gasteiger partial charge in [-0.05, 0) is 19.4 Å². The first kappa shape index (κ1) is 12.9. The highest BCUT2D eigenvalue weighted by Crippen LogP contribution is 2.18. The lowest BCUT2D eigenvalue weighted by Crippen LogP contribution is -2.40. The van der Waals surface area contributed by atoms with Gasteiger partial charge in [0.05, 0.1) is 0 Å². The summed E-state index contributed by atoms with van der Waals surface area (Å²) in [7, 11) is 0. The van der Waals surface area contributed by atoms with Crippen LogP contribution in [0.1, 0.15) is 19.3 Å². The topological polar surface area (TPSA) is 95.7 Å². The Labute approximate surface area is 94.8 Å². The minimum Gasteiger partial charge on any atom is -0.480 e.